The van der Waals surface area contributed by atoms with Crippen LogP contribution >= 0.6 is 15.9 Å². The van der Waals surface area contributed by atoms with Gasteiger partial charge in [-0.05, 0) is 30.5 Å². The van der Waals surface area contributed by atoms with E-state index in [0.29, 0.717) is 5.91 Å². The Morgan fingerprint density at radius 3 is 2.93 bits per heavy atom. The van der Waals surface area contributed by atoms with E-state index in [1.807, 2.05) is 17.0 Å². The van der Waals surface area contributed by atoms with Gasteiger partial charge >= 0.3 is 0 Å². The van der Waals surface area contributed by atoms with Crippen LogP contribution in [0.5, 0.6) is 0 Å². The minimum Gasteiger partial charge on any atom is -0.342 e. The number of carbonyl (C=O) groups excluding carboxylic acids is 1. The quantitative estimate of drug-likeness (QED) is 0.825. The second-order valence-electron chi connectivity index (χ2n) is 3.86. The van der Waals surface area contributed by atoms with Gasteiger partial charge < -0.3 is 4.90 Å². The van der Waals surface area contributed by atoms with Gasteiger partial charge in [0.25, 0.3) is 0 Å². The van der Waals surface area contributed by atoms with Crippen molar-refractivity contribution < 1.29 is 4.79 Å². The minimum absolute atomic E-state index is 0.310. The average molecular weight is 268 g/mol. The van der Waals surface area contributed by atoms with E-state index in [1.165, 1.54) is 5.56 Å². The van der Waals surface area contributed by atoms with Crippen molar-refractivity contribution in [3.05, 3.63) is 34.3 Å². The van der Waals surface area contributed by atoms with Gasteiger partial charge in [0.05, 0.1) is 0 Å². The van der Waals surface area contributed by atoms with Crippen molar-refractivity contribution >= 4 is 21.8 Å². The Bertz CT molecular complexity index is 364. The standard InChI is InChI=1S/C12H14BrNO/c13-11-4-1-3-10(9-11)6-8-14-7-2-5-12(14)15/h1,3-4,9H,2,5-8H2. The lowest BCUT2D eigenvalue weighted by atomic mass is 10.1. The van der Waals surface area contributed by atoms with E-state index in [9.17, 15) is 4.79 Å². The summed E-state index contributed by atoms with van der Waals surface area (Å²) in [5, 5.41) is 0. The van der Waals surface area contributed by atoms with Crippen molar-refractivity contribution in [2.75, 3.05) is 13.1 Å². The molecule has 1 aromatic carbocycles. The van der Waals surface area contributed by atoms with Crippen LogP contribution in [0.2, 0.25) is 0 Å². The van der Waals surface area contributed by atoms with Crippen LogP contribution in [-0.4, -0.2) is 23.9 Å². The predicted octanol–water partition coefficient (Wildman–Crippen LogP) is 2.61. The summed E-state index contributed by atoms with van der Waals surface area (Å²) in [6.07, 6.45) is 2.71. The molecule has 0 unspecified atom stereocenters. The summed E-state index contributed by atoms with van der Waals surface area (Å²) in [5.74, 6) is 0.310. The molecule has 2 rings (SSSR count). The van der Waals surface area contributed by atoms with Gasteiger partial charge in [-0.2, -0.15) is 0 Å². The highest BCUT2D eigenvalue weighted by Gasteiger charge is 2.19. The molecule has 0 spiro atoms. The first-order valence-corrected chi connectivity index (χ1v) is 6.07. The van der Waals surface area contributed by atoms with E-state index in [2.05, 4.69) is 28.1 Å². The summed E-state index contributed by atoms with van der Waals surface area (Å²) in [5.41, 5.74) is 1.28. The summed E-state index contributed by atoms with van der Waals surface area (Å²) < 4.78 is 1.10. The molecule has 80 valence electrons. The molecule has 0 radical (unpaired) electrons. The molecule has 1 amide bonds. The monoisotopic (exact) mass is 267 g/mol. The Balaban J connectivity index is 1.90. The zero-order valence-corrected chi connectivity index (χ0v) is 10.2. The number of benzene rings is 1. The molecular formula is C12H14BrNO. The van der Waals surface area contributed by atoms with Gasteiger partial charge in [0.1, 0.15) is 0 Å². The predicted molar refractivity (Wildman–Crippen MR) is 63.7 cm³/mol. The number of rotatable bonds is 3. The topological polar surface area (TPSA) is 20.3 Å². The Labute approximate surface area is 98.4 Å². The van der Waals surface area contributed by atoms with E-state index >= 15 is 0 Å². The molecule has 0 N–H and O–H groups in total. The lowest BCUT2D eigenvalue weighted by Crippen LogP contribution is -2.26. The van der Waals surface area contributed by atoms with Crippen LogP contribution in [0.25, 0.3) is 0 Å². The maximum atomic E-state index is 11.4. The van der Waals surface area contributed by atoms with Crippen LogP contribution in [0, 0.1) is 0 Å². The smallest absolute Gasteiger partial charge is 0.222 e. The van der Waals surface area contributed by atoms with E-state index in [4.69, 9.17) is 0 Å². The highest BCUT2D eigenvalue weighted by molar-refractivity contribution is 9.10. The van der Waals surface area contributed by atoms with Crippen molar-refractivity contribution in [1.82, 2.24) is 4.90 Å². The molecule has 0 aromatic heterocycles. The molecule has 0 bridgehead atoms. The minimum atomic E-state index is 0.310. The van der Waals surface area contributed by atoms with Crippen molar-refractivity contribution in [2.24, 2.45) is 0 Å². The molecule has 15 heavy (non-hydrogen) atoms. The number of hydrogen-bond acceptors (Lipinski definition) is 1. The fourth-order valence-corrected chi connectivity index (χ4v) is 2.34. The maximum absolute atomic E-state index is 11.4. The second-order valence-corrected chi connectivity index (χ2v) is 4.78. The van der Waals surface area contributed by atoms with E-state index in [-0.39, 0.29) is 0 Å². The average Bonchev–Trinajstić information content (AvgIpc) is 2.61. The van der Waals surface area contributed by atoms with Gasteiger partial charge in [-0.3, -0.25) is 4.79 Å². The van der Waals surface area contributed by atoms with Gasteiger partial charge in [-0.25, -0.2) is 0 Å². The van der Waals surface area contributed by atoms with Gasteiger partial charge in [-0.15, -0.1) is 0 Å². The number of carbonyl (C=O) groups is 1. The lowest BCUT2D eigenvalue weighted by molar-refractivity contribution is -0.127. The van der Waals surface area contributed by atoms with Crippen LogP contribution < -0.4 is 0 Å². The summed E-state index contributed by atoms with van der Waals surface area (Å²) >= 11 is 3.45. The molecular weight excluding hydrogens is 254 g/mol. The third-order valence-corrected chi connectivity index (χ3v) is 3.22. The number of halogens is 1. The second kappa shape index (κ2) is 4.79. The van der Waals surface area contributed by atoms with Crippen molar-refractivity contribution in [3.8, 4) is 0 Å². The zero-order chi connectivity index (χ0) is 10.7. The first kappa shape index (κ1) is 10.7. The van der Waals surface area contributed by atoms with Gasteiger partial charge in [0, 0.05) is 24.0 Å². The third-order valence-electron chi connectivity index (χ3n) is 2.73. The molecule has 2 nitrogen and oxygen atoms in total. The molecule has 0 atom stereocenters. The van der Waals surface area contributed by atoms with E-state index < -0.39 is 0 Å². The molecule has 1 saturated heterocycles. The van der Waals surface area contributed by atoms with Crippen molar-refractivity contribution in [2.45, 2.75) is 19.3 Å². The fraction of sp³-hybridized carbons (Fsp3) is 0.417. The summed E-state index contributed by atoms with van der Waals surface area (Å²) in [6.45, 7) is 1.79. The molecule has 3 heteroatoms. The summed E-state index contributed by atoms with van der Waals surface area (Å²) in [7, 11) is 0. The highest BCUT2D eigenvalue weighted by Crippen LogP contribution is 2.14. The first-order valence-electron chi connectivity index (χ1n) is 5.28. The van der Waals surface area contributed by atoms with Crippen molar-refractivity contribution in [3.63, 3.8) is 0 Å². The molecule has 1 fully saturated rings. The van der Waals surface area contributed by atoms with Crippen LogP contribution in [-0.2, 0) is 11.2 Å². The molecule has 0 aliphatic carbocycles. The van der Waals surface area contributed by atoms with E-state index in [1.54, 1.807) is 0 Å². The molecule has 1 aliphatic heterocycles. The number of likely N-dealkylation sites (tertiary alicyclic amines) is 1. The Morgan fingerprint density at radius 2 is 2.27 bits per heavy atom. The van der Waals surface area contributed by atoms with Gasteiger partial charge in [-0.1, -0.05) is 28.1 Å². The molecule has 1 aliphatic rings. The lowest BCUT2D eigenvalue weighted by Gasteiger charge is -2.15. The summed E-state index contributed by atoms with van der Waals surface area (Å²) in [6, 6.07) is 8.27. The number of hydrogen-bond donors (Lipinski definition) is 0. The van der Waals surface area contributed by atoms with Crippen molar-refractivity contribution in [1.29, 1.82) is 0 Å². The van der Waals surface area contributed by atoms with E-state index in [0.717, 1.165) is 36.8 Å². The number of amides is 1. The molecule has 1 heterocycles. The Kier molecular flexibility index (Phi) is 3.41. The molecule has 0 saturated carbocycles. The SMILES string of the molecule is O=C1CCCN1CCc1cccc(Br)c1. The highest BCUT2D eigenvalue weighted by atomic mass is 79.9. The Hall–Kier alpha value is -0.830. The third kappa shape index (κ3) is 2.81. The maximum Gasteiger partial charge on any atom is 0.222 e. The summed E-state index contributed by atoms with van der Waals surface area (Å²) in [4.78, 5) is 13.3. The molecule has 1 aromatic rings. The van der Waals surface area contributed by atoms with Gasteiger partial charge in [0.2, 0.25) is 5.91 Å². The van der Waals surface area contributed by atoms with Crippen LogP contribution in [0.15, 0.2) is 28.7 Å². The van der Waals surface area contributed by atoms with Crippen LogP contribution in [0.1, 0.15) is 18.4 Å². The first-order chi connectivity index (χ1) is 7.25. The zero-order valence-electron chi connectivity index (χ0n) is 8.58. The Morgan fingerprint density at radius 1 is 1.40 bits per heavy atom. The normalized spacial score (nSPS) is 16.1. The van der Waals surface area contributed by atoms with Crippen LogP contribution in [0.4, 0.5) is 0 Å². The largest absolute Gasteiger partial charge is 0.342 e. The fourth-order valence-electron chi connectivity index (χ4n) is 1.90. The van der Waals surface area contributed by atoms with Gasteiger partial charge in [0.15, 0.2) is 0 Å². The van der Waals surface area contributed by atoms with Crippen LogP contribution in [0.3, 0.4) is 0 Å². The number of nitrogens with zero attached hydrogens (tertiary/aromatic N) is 1.